The van der Waals surface area contributed by atoms with E-state index < -0.39 is 7.29 Å². The summed E-state index contributed by atoms with van der Waals surface area (Å²) in [7, 11) is -3.26. The lowest BCUT2D eigenvalue weighted by molar-refractivity contribution is 0.589. The van der Waals surface area contributed by atoms with Gasteiger partial charge in [-0.3, -0.25) is 4.57 Å². The Kier molecular flexibility index (Phi) is 7.03. The summed E-state index contributed by atoms with van der Waals surface area (Å²) in [6.45, 7) is 4.00. The van der Waals surface area contributed by atoms with Crippen molar-refractivity contribution in [3.8, 4) is 0 Å². The maximum atomic E-state index is 14.0. The van der Waals surface area contributed by atoms with Crippen molar-refractivity contribution in [1.82, 2.24) is 0 Å². The molecule has 29 heavy (non-hydrogen) atoms. The molecule has 3 aromatic carbocycles. The smallest absolute Gasteiger partial charge is 0.216 e. The highest BCUT2D eigenvalue weighted by atomic mass is 35.5. The first kappa shape index (κ1) is 21.5. The number of aryl methyl sites for hydroxylation is 2. The summed E-state index contributed by atoms with van der Waals surface area (Å²) in [5, 5.41) is 3.99. The molecule has 0 aliphatic heterocycles. The molecule has 0 heterocycles. The lowest BCUT2D eigenvalue weighted by Gasteiger charge is -2.18. The fourth-order valence-corrected chi connectivity index (χ4v) is 5.83. The molecule has 0 fully saturated rings. The predicted octanol–water partition coefficient (Wildman–Crippen LogP) is 8.47. The average Bonchev–Trinajstić information content (AvgIpc) is 2.71. The molecule has 0 spiro atoms. The number of halogens is 2. The number of benzene rings is 3. The molecule has 0 amide bonds. The van der Waals surface area contributed by atoms with Gasteiger partial charge in [-0.1, -0.05) is 102 Å². The highest BCUT2D eigenvalue weighted by molar-refractivity contribution is 7.72. The van der Waals surface area contributed by atoms with Gasteiger partial charge in [-0.05, 0) is 36.6 Å². The molecule has 0 unspecified atom stereocenters. The molecule has 3 rings (SSSR count). The van der Waals surface area contributed by atoms with Crippen molar-refractivity contribution >= 4 is 46.2 Å². The van der Waals surface area contributed by atoms with E-state index >= 15 is 0 Å². The molecule has 0 aliphatic carbocycles. The predicted molar refractivity (Wildman–Crippen MR) is 128 cm³/mol. The highest BCUT2D eigenvalue weighted by Gasteiger charge is 2.20. The van der Waals surface area contributed by atoms with E-state index in [0.717, 1.165) is 27.9 Å². The van der Waals surface area contributed by atoms with Gasteiger partial charge in [0.05, 0.1) is 10.1 Å². The zero-order chi connectivity index (χ0) is 20.9. The fraction of sp³-hybridized carbons (Fsp3) is 0.0833. The number of nitrogens with one attached hydrogen (secondary N) is 1. The monoisotopic (exact) mass is 441 g/mol. The van der Waals surface area contributed by atoms with Crippen LogP contribution in [0.5, 0.6) is 0 Å². The van der Waals surface area contributed by atoms with Crippen LogP contribution < -0.4 is 5.09 Å². The summed E-state index contributed by atoms with van der Waals surface area (Å²) >= 11 is 13.1. The van der Waals surface area contributed by atoms with Crippen molar-refractivity contribution in [1.29, 1.82) is 0 Å². The molecule has 0 aliphatic rings. The third-order valence-electron chi connectivity index (χ3n) is 4.39. The molecular formula is C24H22Cl2NOP. The van der Waals surface area contributed by atoms with Gasteiger partial charge >= 0.3 is 0 Å². The van der Waals surface area contributed by atoms with Crippen LogP contribution in [0, 0.1) is 13.8 Å². The minimum Gasteiger partial charge on any atom is -0.330 e. The average molecular weight is 442 g/mol. The second-order valence-corrected chi connectivity index (χ2v) is 9.80. The van der Waals surface area contributed by atoms with Crippen LogP contribution in [0.25, 0.3) is 10.1 Å². The quantitative estimate of drug-likeness (QED) is 0.388. The lowest BCUT2D eigenvalue weighted by atomic mass is 10.1. The summed E-state index contributed by atoms with van der Waals surface area (Å²) in [6, 6.07) is 24.8. The van der Waals surface area contributed by atoms with Gasteiger partial charge < -0.3 is 5.09 Å². The van der Waals surface area contributed by atoms with Crippen molar-refractivity contribution in [3.05, 3.63) is 113 Å². The first-order valence-corrected chi connectivity index (χ1v) is 11.8. The Balaban J connectivity index is 2.06. The molecular weight excluding hydrogens is 420 g/mol. The second-order valence-electron chi connectivity index (χ2n) is 6.83. The van der Waals surface area contributed by atoms with Crippen molar-refractivity contribution in [2.75, 3.05) is 5.09 Å². The van der Waals surface area contributed by atoms with Crippen LogP contribution in [-0.2, 0) is 4.57 Å². The fourth-order valence-electron chi connectivity index (χ4n) is 2.91. The summed E-state index contributed by atoms with van der Waals surface area (Å²) < 4.78 is 14.0. The van der Waals surface area contributed by atoms with Crippen LogP contribution in [0.1, 0.15) is 22.3 Å². The highest BCUT2D eigenvalue weighted by Crippen LogP contribution is 2.54. The van der Waals surface area contributed by atoms with Crippen LogP contribution in [0.2, 0.25) is 0 Å². The van der Waals surface area contributed by atoms with Crippen molar-refractivity contribution < 1.29 is 4.57 Å². The van der Waals surface area contributed by atoms with Crippen molar-refractivity contribution in [2.24, 2.45) is 0 Å². The molecule has 5 heteroatoms. The summed E-state index contributed by atoms with van der Waals surface area (Å²) in [4.78, 5) is 0. The third-order valence-corrected chi connectivity index (χ3v) is 7.22. The van der Waals surface area contributed by atoms with Crippen LogP contribution in [-0.4, -0.2) is 0 Å². The van der Waals surface area contributed by atoms with Gasteiger partial charge in [-0.15, -0.1) is 0 Å². The van der Waals surface area contributed by atoms with Gasteiger partial charge in [0.1, 0.15) is 0 Å². The molecule has 0 aromatic heterocycles. The van der Waals surface area contributed by atoms with E-state index in [1.807, 2.05) is 92.7 Å². The first-order valence-electron chi connectivity index (χ1n) is 9.19. The van der Waals surface area contributed by atoms with Crippen LogP contribution in [0.4, 0.5) is 5.69 Å². The van der Waals surface area contributed by atoms with Crippen LogP contribution in [0.15, 0.2) is 90.5 Å². The zero-order valence-corrected chi connectivity index (χ0v) is 18.7. The minimum absolute atomic E-state index is 0.403. The van der Waals surface area contributed by atoms with Crippen LogP contribution >= 0.6 is 30.5 Å². The number of rotatable bonds is 6. The summed E-state index contributed by atoms with van der Waals surface area (Å²) in [5.41, 5.74) is 4.50. The third kappa shape index (κ3) is 5.87. The number of hydrogen-bond donors (Lipinski definition) is 1. The Morgan fingerprint density at radius 3 is 1.72 bits per heavy atom. The van der Waals surface area contributed by atoms with E-state index in [9.17, 15) is 4.57 Å². The standard InChI is InChI=1S/C24H22Cl2NOP/c1-18-13-14-24(19(2)15-18)27-29(28,16-22(25)20-9-5-3-6-10-20)17-23(26)21-11-7-4-8-12-21/h3-17H,1-2H3,(H,27,28)/b22-16+,23-17+. The first-order chi connectivity index (χ1) is 13.9. The Morgan fingerprint density at radius 2 is 1.28 bits per heavy atom. The number of anilines is 1. The van der Waals surface area contributed by atoms with E-state index in [1.165, 1.54) is 0 Å². The zero-order valence-electron chi connectivity index (χ0n) is 16.3. The molecule has 2 nitrogen and oxygen atoms in total. The normalized spacial score (nSPS) is 12.7. The van der Waals surface area contributed by atoms with Gasteiger partial charge in [0.15, 0.2) is 0 Å². The maximum absolute atomic E-state index is 14.0. The molecule has 148 valence electrons. The molecule has 0 saturated heterocycles. The van der Waals surface area contributed by atoms with Gasteiger partial charge in [0.2, 0.25) is 7.29 Å². The van der Waals surface area contributed by atoms with Crippen molar-refractivity contribution in [3.63, 3.8) is 0 Å². The molecule has 0 bridgehead atoms. The van der Waals surface area contributed by atoms with E-state index in [1.54, 1.807) is 11.6 Å². The Morgan fingerprint density at radius 1 is 0.793 bits per heavy atom. The van der Waals surface area contributed by atoms with Gasteiger partial charge in [-0.2, -0.15) is 0 Å². The SMILES string of the molecule is Cc1ccc(NP(=O)(/C=C(/Cl)c2ccccc2)/C=C(/Cl)c2ccccc2)c(C)c1. The van der Waals surface area contributed by atoms with Crippen molar-refractivity contribution in [2.45, 2.75) is 13.8 Å². The largest absolute Gasteiger partial charge is 0.330 e. The molecule has 1 N–H and O–H groups in total. The molecule has 0 saturated carbocycles. The maximum Gasteiger partial charge on any atom is 0.216 e. The molecule has 0 atom stereocenters. The second kappa shape index (κ2) is 9.50. The van der Waals surface area contributed by atoms with E-state index in [4.69, 9.17) is 23.2 Å². The van der Waals surface area contributed by atoms with Gasteiger partial charge in [0, 0.05) is 17.3 Å². The summed E-state index contributed by atoms with van der Waals surface area (Å²) in [6.07, 6.45) is 0. The topological polar surface area (TPSA) is 29.1 Å². The molecule has 3 aromatic rings. The van der Waals surface area contributed by atoms with Gasteiger partial charge in [0.25, 0.3) is 0 Å². The lowest BCUT2D eigenvalue weighted by Crippen LogP contribution is -1.96. The number of hydrogen-bond acceptors (Lipinski definition) is 1. The minimum atomic E-state index is -3.26. The molecule has 0 radical (unpaired) electrons. The van der Waals surface area contributed by atoms with E-state index in [2.05, 4.69) is 5.09 Å². The summed E-state index contributed by atoms with van der Waals surface area (Å²) in [5.74, 6) is 3.13. The van der Waals surface area contributed by atoms with Crippen LogP contribution in [0.3, 0.4) is 0 Å². The van der Waals surface area contributed by atoms with E-state index in [0.29, 0.717) is 10.1 Å². The Labute approximate surface area is 182 Å². The van der Waals surface area contributed by atoms with Gasteiger partial charge in [-0.25, -0.2) is 0 Å². The van der Waals surface area contributed by atoms with E-state index in [-0.39, 0.29) is 0 Å². The Bertz CT molecular complexity index is 1030. The Hall–Kier alpha value is -2.25.